The highest BCUT2D eigenvalue weighted by Gasteiger charge is 2.09. The number of hydrogen-bond acceptors (Lipinski definition) is 6. The molecule has 0 saturated heterocycles. The third-order valence-corrected chi connectivity index (χ3v) is 4.07. The molecule has 0 aliphatic rings. The van der Waals surface area contributed by atoms with Crippen molar-refractivity contribution in [1.82, 2.24) is 20.2 Å². The number of likely N-dealkylation sites (N-methyl/N-ethyl adjacent to an activating group) is 1. The zero-order chi connectivity index (χ0) is 19.1. The van der Waals surface area contributed by atoms with Crippen molar-refractivity contribution in [2.75, 3.05) is 44.8 Å². The van der Waals surface area contributed by atoms with E-state index in [0.717, 1.165) is 17.7 Å². The first-order valence-electron chi connectivity index (χ1n) is 8.73. The molecular weight excluding hydrogens is 328 g/mol. The number of anilines is 2. The van der Waals surface area contributed by atoms with E-state index >= 15 is 0 Å². The van der Waals surface area contributed by atoms with Crippen LogP contribution < -0.4 is 16.4 Å². The summed E-state index contributed by atoms with van der Waals surface area (Å²) >= 11 is 0. The summed E-state index contributed by atoms with van der Waals surface area (Å²) in [6.45, 7) is 5.85. The van der Waals surface area contributed by atoms with Gasteiger partial charge in [-0.25, -0.2) is 4.98 Å². The average molecular weight is 356 g/mol. The zero-order valence-corrected chi connectivity index (χ0v) is 16.0. The molecule has 0 radical (unpaired) electrons. The van der Waals surface area contributed by atoms with Crippen LogP contribution in [0.25, 0.3) is 11.3 Å². The Morgan fingerprint density at radius 2 is 1.96 bits per heavy atom. The fourth-order valence-corrected chi connectivity index (χ4v) is 2.60. The molecule has 7 nitrogen and oxygen atoms in total. The normalized spacial score (nSPS) is 10.8. The third-order valence-electron chi connectivity index (χ3n) is 4.07. The first-order valence-corrected chi connectivity index (χ1v) is 8.73. The molecule has 0 saturated carbocycles. The third kappa shape index (κ3) is 5.70. The van der Waals surface area contributed by atoms with E-state index in [1.807, 2.05) is 37.2 Å². The van der Waals surface area contributed by atoms with Crippen LogP contribution in [0.1, 0.15) is 17.5 Å². The van der Waals surface area contributed by atoms with Crippen LogP contribution in [0, 0.1) is 13.8 Å². The quantitative estimate of drug-likeness (QED) is 0.625. The Morgan fingerprint density at radius 1 is 1.19 bits per heavy atom. The Bertz CT molecular complexity index is 760. The van der Waals surface area contributed by atoms with Crippen LogP contribution in [-0.4, -0.2) is 54.5 Å². The van der Waals surface area contributed by atoms with Gasteiger partial charge in [0.15, 0.2) is 0 Å². The molecule has 2 rings (SSSR count). The van der Waals surface area contributed by atoms with Gasteiger partial charge in [0, 0.05) is 24.7 Å². The van der Waals surface area contributed by atoms with Crippen LogP contribution in [0.2, 0.25) is 0 Å². The summed E-state index contributed by atoms with van der Waals surface area (Å²) in [6.07, 6.45) is 0.794. The second kappa shape index (κ2) is 9.15. The number of nitrogens with one attached hydrogen (secondary N) is 2. The Balaban J connectivity index is 1.94. The summed E-state index contributed by atoms with van der Waals surface area (Å²) < 4.78 is 0. The van der Waals surface area contributed by atoms with E-state index in [0.29, 0.717) is 25.5 Å². The molecule has 4 N–H and O–H groups in total. The van der Waals surface area contributed by atoms with Crippen molar-refractivity contribution in [1.29, 1.82) is 0 Å². The minimum atomic E-state index is 0.0264. The number of aryl methyl sites for hydroxylation is 1. The number of carbonyl (C=O) groups excluding carboxylic acids is 1. The number of nitrogens with zero attached hydrogens (tertiary/aromatic N) is 3. The first kappa shape index (κ1) is 19.7. The number of rotatable bonds is 8. The molecule has 26 heavy (non-hydrogen) atoms. The second-order valence-corrected chi connectivity index (χ2v) is 6.61. The molecule has 1 aromatic heterocycles. The van der Waals surface area contributed by atoms with Gasteiger partial charge in [-0.1, -0.05) is 18.2 Å². The molecule has 0 aliphatic carbocycles. The SMILES string of the molecule is Cc1cccc(-c2cc(NCCCNC(=O)CN(C)C)nc(N)n2)c1C. The van der Waals surface area contributed by atoms with Crippen LogP contribution in [0.4, 0.5) is 11.8 Å². The van der Waals surface area contributed by atoms with E-state index in [2.05, 4.69) is 40.5 Å². The van der Waals surface area contributed by atoms with Gasteiger partial charge in [0.2, 0.25) is 11.9 Å². The van der Waals surface area contributed by atoms with Crippen LogP contribution >= 0.6 is 0 Å². The molecule has 0 spiro atoms. The molecule has 140 valence electrons. The number of nitrogens with two attached hydrogens (primary N) is 1. The Hall–Kier alpha value is -2.67. The van der Waals surface area contributed by atoms with Gasteiger partial charge in [0.05, 0.1) is 12.2 Å². The number of benzene rings is 1. The fraction of sp³-hybridized carbons (Fsp3) is 0.421. The smallest absolute Gasteiger partial charge is 0.234 e. The highest BCUT2D eigenvalue weighted by molar-refractivity contribution is 5.77. The topological polar surface area (TPSA) is 96.2 Å². The average Bonchev–Trinajstić information content (AvgIpc) is 2.56. The molecular formula is C19H28N6O. The monoisotopic (exact) mass is 356 g/mol. The lowest BCUT2D eigenvalue weighted by Crippen LogP contribution is -2.34. The molecule has 1 heterocycles. The lowest BCUT2D eigenvalue weighted by molar-refractivity contribution is -0.121. The van der Waals surface area contributed by atoms with Gasteiger partial charge in [-0.3, -0.25) is 4.79 Å². The van der Waals surface area contributed by atoms with Crippen molar-refractivity contribution in [2.24, 2.45) is 0 Å². The summed E-state index contributed by atoms with van der Waals surface area (Å²) in [7, 11) is 3.74. The Labute approximate surface area is 155 Å². The van der Waals surface area contributed by atoms with Gasteiger partial charge in [-0.15, -0.1) is 0 Å². The fourth-order valence-electron chi connectivity index (χ4n) is 2.60. The van der Waals surface area contributed by atoms with Gasteiger partial charge in [0.25, 0.3) is 0 Å². The van der Waals surface area contributed by atoms with Crippen LogP contribution in [0.15, 0.2) is 24.3 Å². The molecule has 0 atom stereocenters. The molecule has 2 aromatic rings. The van der Waals surface area contributed by atoms with Crippen molar-refractivity contribution < 1.29 is 4.79 Å². The zero-order valence-electron chi connectivity index (χ0n) is 16.0. The van der Waals surface area contributed by atoms with E-state index in [1.165, 1.54) is 11.1 Å². The summed E-state index contributed by atoms with van der Waals surface area (Å²) in [4.78, 5) is 22.0. The van der Waals surface area contributed by atoms with Gasteiger partial charge >= 0.3 is 0 Å². The molecule has 1 aromatic carbocycles. The van der Waals surface area contributed by atoms with Crippen LogP contribution in [0.5, 0.6) is 0 Å². The highest BCUT2D eigenvalue weighted by Crippen LogP contribution is 2.25. The lowest BCUT2D eigenvalue weighted by Gasteiger charge is -2.12. The van der Waals surface area contributed by atoms with Crippen molar-refractivity contribution >= 4 is 17.7 Å². The number of aromatic nitrogens is 2. The molecule has 7 heteroatoms. The number of hydrogen-bond donors (Lipinski definition) is 3. The lowest BCUT2D eigenvalue weighted by atomic mass is 10.0. The van der Waals surface area contributed by atoms with Gasteiger partial charge < -0.3 is 21.3 Å². The summed E-state index contributed by atoms with van der Waals surface area (Å²) in [5.41, 5.74) is 10.1. The summed E-state index contributed by atoms with van der Waals surface area (Å²) in [6, 6.07) is 8.03. The molecule has 0 aliphatic heterocycles. The molecule has 0 fully saturated rings. The minimum Gasteiger partial charge on any atom is -0.370 e. The van der Waals surface area contributed by atoms with Crippen LogP contribution in [-0.2, 0) is 4.79 Å². The minimum absolute atomic E-state index is 0.0264. The maximum Gasteiger partial charge on any atom is 0.234 e. The highest BCUT2D eigenvalue weighted by atomic mass is 16.1. The van der Waals surface area contributed by atoms with Gasteiger partial charge in [-0.05, 0) is 45.5 Å². The van der Waals surface area contributed by atoms with Crippen molar-refractivity contribution in [3.05, 3.63) is 35.4 Å². The first-order chi connectivity index (χ1) is 12.4. The predicted octanol–water partition coefficient (Wildman–Crippen LogP) is 1.82. The summed E-state index contributed by atoms with van der Waals surface area (Å²) in [5, 5.41) is 6.14. The van der Waals surface area contributed by atoms with Crippen molar-refractivity contribution in [3.8, 4) is 11.3 Å². The molecule has 1 amide bonds. The predicted molar refractivity (Wildman–Crippen MR) is 106 cm³/mol. The Kier molecular flexibility index (Phi) is 6.91. The molecule has 0 bridgehead atoms. The standard InChI is InChI=1S/C19H28N6O/c1-13-7-5-8-15(14(13)2)16-11-17(24-19(20)23-16)21-9-6-10-22-18(26)12-25(3)4/h5,7-8,11H,6,9-10,12H2,1-4H3,(H,22,26)(H3,20,21,23,24). The number of nitrogen functional groups attached to an aromatic ring is 1. The Morgan fingerprint density at radius 3 is 2.69 bits per heavy atom. The summed E-state index contributed by atoms with van der Waals surface area (Å²) in [5.74, 6) is 0.955. The van der Waals surface area contributed by atoms with Crippen molar-refractivity contribution in [3.63, 3.8) is 0 Å². The van der Waals surface area contributed by atoms with E-state index in [4.69, 9.17) is 5.73 Å². The second-order valence-electron chi connectivity index (χ2n) is 6.61. The van der Waals surface area contributed by atoms with Gasteiger partial charge in [0.1, 0.15) is 5.82 Å². The maximum atomic E-state index is 11.6. The molecule has 0 unspecified atom stereocenters. The largest absolute Gasteiger partial charge is 0.370 e. The van der Waals surface area contributed by atoms with E-state index < -0.39 is 0 Å². The van der Waals surface area contributed by atoms with Gasteiger partial charge in [-0.2, -0.15) is 4.98 Å². The van der Waals surface area contributed by atoms with Crippen molar-refractivity contribution in [2.45, 2.75) is 20.3 Å². The van der Waals surface area contributed by atoms with E-state index in [1.54, 1.807) is 0 Å². The maximum absolute atomic E-state index is 11.6. The van der Waals surface area contributed by atoms with Crippen LogP contribution in [0.3, 0.4) is 0 Å². The van der Waals surface area contributed by atoms with E-state index in [9.17, 15) is 4.79 Å². The van der Waals surface area contributed by atoms with E-state index in [-0.39, 0.29) is 11.9 Å². The number of carbonyl (C=O) groups is 1. The number of amides is 1.